The summed E-state index contributed by atoms with van der Waals surface area (Å²) < 4.78 is 0. The van der Waals surface area contributed by atoms with E-state index in [1.165, 1.54) is 0 Å². The Morgan fingerprint density at radius 1 is 1.31 bits per heavy atom. The molecule has 0 bridgehead atoms. The maximum Gasteiger partial charge on any atom is 0.306 e. The number of aliphatic hydroxyl groups excluding tert-OH is 1. The van der Waals surface area contributed by atoms with Gasteiger partial charge in [0.05, 0.1) is 17.6 Å². The zero-order valence-corrected chi connectivity index (χ0v) is 9.65. The minimum Gasteiger partial charge on any atom is -0.481 e. The third kappa shape index (κ3) is 1.55. The molecule has 0 aromatic carbocycles. The first kappa shape index (κ1) is 11.9. The number of carboxylic acid groups (broad SMARTS) is 1. The maximum atomic E-state index is 11.0. The summed E-state index contributed by atoms with van der Waals surface area (Å²) in [6, 6.07) is 0. The summed E-state index contributed by atoms with van der Waals surface area (Å²) in [5, 5.41) is 29.6. The average Bonchev–Trinajstić information content (AvgIpc) is 2.20. The van der Waals surface area contributed by atoms with E-state index in [0.717, 1.165) is 12.8 Å². The number of aliphatic hydroxyl groups is 2. The first-order valence-corrected chi connectivity index (χ1v) is 6.02. The van der Waals surface area contributed by atoms with Gasteiger partial charge in [0.2, 0.25) is 0 Å². The van der Waals surface area contributed by atoms with E-state index >= 15 is 0 Å². The standard InChI is InChI=1S/C12H20O4/c1-11-5-2-3-9(13)12(11,16)7-8(4-6-11)10(14)15/h8-9,13,16H,2-7H2,1H3,(H,14,15). The van der Waals surface area contributed by atoms with Crippen LogP contribution in [-0.2, 0) is 4.79 Å². The Morgan fingerprint density at radius 2 is 2.00 bits per heavy atom. The molecule has 2 rings (SSSR count). The molecule has 0 aromatic rings. The molecule has 0 amide bonds. The van der Waals surface area contributed by atoms with Crippen molar-refractivity contribution in [3.8, 4) is 0 Å². The summed E-state index contributed by atoms with van der Waals surface area (Å²) in [5.41, 5.74) is -1.51. The molecule has 3 N–H and O–H groups in total. The van der Waals surface area contributed by atoms with Crippen LogP contribution in [0.3, 0.4) is 0 Å². The molecule has 2 aliphatic rings. The number of carboxylic acids is 1. The summed E-state index contributed by atoms with van der Waals surface area (Å²) >= 11 is 0. The Morgan fingerprint density at radius 3 is 2.62 bits per heavy atom. The van der Waals surface area contributed by atoms with Gasteiger partial charge in [-0.05, 0) is 37.5 Å². The molecule has 0 aliphatic heterocycles. The second kappa shape index (κ2) is 3.70. The average molecular weight is 228 g/mol. The predicted octanol–water partition coefficient (Wildman–Crippen LogP) is 1.15. The van der Waals surface area contributed by atoms with Gasteiger partial charge < -0.3 is 15.3 Å². The van der Waals surface area contributed by atoms with Crippen LogP contribution in [0.4, 0.5) is 0 Å². The molecule has 4 unspecified atom stereocenters. The van der Waals surface area contributed by atoms with E-state index in [-0.39, 0.29) is 11.8 Å². The summed E-state index contributed by atoms with van der Waals surface area (Å²) in [5.74, 6) is -1.36. The lowest BCUT2D eigenvalue weighted by molar-refractivity contribution is -0.209. The number of hydrogen-bond acceptors (Lipinski definition) is 3. The van der Waals surface area contributed by atoms with Crippen LogP contribution in [0, 0.1) is 11.3 Å². The topological polar surface area (TPSA) is 77.8 Å². The largest absolute Gasteiger partial charge is 0.481 e. The molecule has 4 nitrogen and oxygen atoms in total. The molecular weight excluding hydrogens is 208 g/mol. The summed E-state index contributed by atoms with van der Waals surface area (Å²) in [6.07, 6.45) is 3.11. The van der Waals surface area contributed by atoms with Crippen molar-refractivity contribution in [2.75, 3.05) is 0 Å². The van der Waals surface area contributed by atoms with E-state index in [0.29, 0.717) is 19.3 Å². The number of fused-ring (bicyclic) bond motifs is 1. The number of hydrogen-bond donors (Lipinski definition) is 3. The predicted molar refractivity (Wildman–Crippen MR) is 57.9 cm³/mol. The van der Waals surface area contributed by atoms with E-state index in [2.05, 4.69) is 0 Å². The molecule has 4 atom stereocenters. The SMILES string of the molecule is CC12CCCC(O)C1(O)CC(C(=O)O)CC2. The molecule has 2 fully saturated rings. The van der Waals surface area contributed by atoms with Gasteiger partial charge in [-0.1, -0.05) is 13.3 Å². The molecule has 0 radical (unpaired) electrons. The lowest BCUT2D eigenvalue weighted by Gasteiger charge is -2.55. The van der Waals surface area contributed by atoms with Gasteiger partial charge in [-0.3, -0.25) is 4.79 Å². The zero-order valence-electron chi connectivity index (χ0n) is 9.65. The van der Waals surface area contributed by atoms with Crippen molar-refractivity contribution in [2.24, 2.45) is 11.3 Å². The van der Waals surface area contributed by atoms with Crippen molar-refractivity contribution in [1.29, 1.82) is 0 Å². The van der Waals surface area contributed by atoms with Crippen molar-refractivity contribution in [2.45, 2.75) is 57.2 Å². The van der Waals surface area contributed by atoms with Crippen LogP contribution in [0.2, 0.25) is 0 Å². The second-order valence-corrected chi connectivity index (χ2v) is 5.67. The van der Waals surface area contributed by atoms with Crippen LogP contribution in [0.25, 0.3) is 0 Å². The third-order valence-electron chi connectivity index (χ3n) is 4.75. The smallest absolute Gasteiger partial charge is 0.306 e. The van der Waals surface area contributed by atoms with Crippen LogP contribution in [-0.4, -0.2) is 33.0 Å². The van der Waals surface area contributed by atoms with E-state index < -0.39 is 23.6 Å². The Hall–Kier alpha value is -0.610. The zero-order chi connectivity index (χ0) is 12.0. The molecular formula is C12H20O4. The molecule has 0 spiro atoms. The van der Waals surface area contributed by atoms with E-state index in [4.69, 9.17) is 5.11 Å². The van der Waals surface area contributed by atoms with Crippen LogP contribution in [0.15, 0.2) is 0 Å². The van der Waals surface area contributed by atoms with Crippen LogP contribution in [0.5, 0.6) is 0 Å². The lowest BCUT2D eigenvalue weighted by atomic mass is 9.54. The highest BCUT2D eigenvalue weighted by Crippen LogP contribution is 2.54. The highest BCUT2D eigenvalue weighted by atomic mass is 16.4. The Bertz CT molecular complexity index is 303. The number of carbonyl (C=O) groups is 1. The van der Waals surface area contributed by atoms with Crippen molar-refractivity contribution in [3.05, 3.63) is 0 Å². The van der Waals surface area contributed by atoms with Crippen LogP contribution >= 0.6 is 0 Å². The molecule has 2 aliphatic carbocycles. The van der Waals surface area contributed by atoms with Crippen molar-refractivity contribution < 1.29 is 20.1 Å². The normalized spacial score (nSPS) is 48.4. The minimum atomic E-state index is -1.20. The Kier molecular flexibility index (Phi) is 2.75. The monoisotopic (exact) mass is 228 g/mol. The fourth-order valence-electron chi connectivity index (χ4n) is 3.45. The van der Waals surface area contributed by atoms with Crippen molar-refractivity contribution in [1.82, 2.24) is 0 Å². The summed E-state index contributed by atoms with van der Waals surface area (Å²) in [4.78, 5) is 11.0. The fourth-order valence-corrected chi connectivity index (χ4v) is 3.45. The first-order chi connectivity index (χ1) is 7.39. The van der Waals surface area contributed by atoms with Gasteiger partial charge in [0, 0.05) is 0 Å². The van der Waals surface area contributed by atoms with Crippen molar-refractivity contribution in [3.63, 3.8) is 0 Å². The highest BCUT2D eigenvalue weighted by Gasteiger charge is 2.57. The van der Waals surface area contributed by atoms with Gasteiger partial charge >= 0.3 is 5.97 Å². The third-order valence-corrected chi connectivity index (χ3v) is 4.75. The van der Waals surface area contributed by atoms with E-state index in [9.17, 15) is 15.0 Å². The van der Waals surface area contributed by atoms with Crippen LogP contribution < -0.4 is 0 Å². The van der Waals surface area contributed by atoms with E-state index in [1.54, 1.807) is 0 Å². The van der Waals surface area contributed by atoms with Gasteiger partial charge in [-0.2, -0.15) is 0 Å². The van der Waals surface area contributed by atoms with Crippen LogP contribution in [0.1, 0.15) is 45.4 Å². The Labute approximate surface area is 95.3 Å². The number of rotatable bonds is 1. The summed E-state index contributed by atoms with van der Waals surface area (Å²) in [7, 11) is 0. The molecule has 92 valence electrons. The van der Waals surface area contributed by atoms with Gasteiger partial charge in [-0.15, -0.1) is 0 Å². The highest BCUT2D eigenvalue weighted by molar-refractivity contribution is 5.70. The van der Waals surface area contributed by atoms with Gasteiger partial charge in [0.15, 0.2) is 0 Å². The molecule has 4 heteroatoms. The molecule has 0 aromatic heterocycles. The first-order valence-electron chi connectivity index (χ1n) is 6.02. The fraction of sp³-hybridized carbons (Fsp3) is 0.917. The van der Waals surface area contributed by atoms with Gasteiger partial charge in [-0.25, -0.2) is 0 Å². The summed E-state index contributed by atoms with van der Waals surface area (Å²) in [6.45, 7) is 1.98. The second-order valence-electron chi connectivity index (χ2n) is 5.67. The molecule has 0 heterocycles. The Balaban J connectivity index is 2.26. The van der Waals surface area contributed by atoms with Gasteiger partial charge in [0.25, 0.3) is 0 Å². The lowest BCUT2D eigenvalue weighted by Crippen LogP contribution is -2.61. The minimum absolute atomic E-state index is 0.194. The van der Waals surface area contributed by atoms with E-state index in [1.807, 2.05) is 6.92 Å². The molecule has 2 saturated carbocycles. The van der Waals surface area contributed by atoms with Crippen molar-refractivity contribution >= 4 is 5.97 Å². The van der Waals surface area contributed by atoms with Gasteiger partial charge in [0.1, 0.15) is 0 Å². The maximum absolute atomic E-state index is 11.0. The molecule has 0 saturated heterocycles. The number of aliphatic carboxylic acids is 1. The quantitative estimate of drug-likeness (QED) is 0.629. The molecule has 16 heavy (non-hydrogen) atoms.